The average Bonchev–Trinajstić information content (AvgIpc) is 2.46. The summed E-state index contributed by atoms with van der Waals surface area (Å²) in [5.41, 5.74) is 0.531. The normalized spacial score (nSPS) is 10.1. The van der Waals surface area contributed by atoms with Crippen molar-refractivity contribution >= 4 is 21.8 Å². The predicted molar refractivity (Wildman–Crippen MR) is 79.5 cm³/mol. The van der Waals surface area contributed by atoms with Gasteiger partial charge in [-0.2, -0.15) is 0 Å². The van der Waals surface area contributed by atoms with E-state index < -0.39 is 0 Å². The molecule has 1 aromatic rings. The molecule has 1 rings (SSSR count). The van der Waals surface area contributed by atoms with Crippen molar-refractivity contribution < 1.29 is 14.3 Å². The van der Waals surface area contributed by atoms with Gasteiger partial charge in [-0.25, -0.2) is 0 Å². The maximum atomic E-state index is 12.0. The number of rotatable bonds is 8. The molecule has 5 heteroatoms. The molecule has 106 valence electrons. The highest BCUT2D eigenvalue weighted by atomic mass is 79.9. The topological polar surface area (TPSA) is 47.6 Å². The number of carbonyl (C=O) groups excluding carboxylic acids is 1. The van der Waals surface area contributed by atoms with E-state index in [0.717, 1.165) is 24.6 Å². The molecule has 1 aromatic carbocycles. The van der Waals surface area contributed by atoms with Crippen LogP contribution in [0.4, 0.5) is 0 Å². The largest absolute Gasteiger partial charge is 0.497 e. The highest BCUT2D eigenvalue weighted by Gasteiger charge is 2.12. The van der Waals surface area contributed by atoms with Crippen LogP contribution in [0.1, 0.15) is 29.6 Å². The van der Waals surface area contributed by atoms with E-state index in [9.17, 15) is 4.79 Å². The zero-order chi connectivity index (χ0) is 14.1. The molecule has 0 aliphatic carbocycles. The number of nitrogens with one attached hydrogen (secondary N) is 1. The molecular weight excluding hydrogens is 310 g/mol. The fourth-order valence-corrected chi connectivity index (χ4v) is 2.08. The lowest BCUT2D eigenvalue weighted by Gasteiger charge is -2.10. The Bertz CT molecular complexity index is 410. The van der Waals surface area contributed by atoms with E-state index >= 15 is 0 Å². The Labute approximate surface area is 122 Å². The molecule has 0 aliphatic heterocycles. The van der Waals surface area contributed by atoms with Gasteiger partial charge in [0.15, 0.2) is 0 Å². The molecule has 0 radical (unpaired) electrons. The molecule has 0 aliphatic rings. The van der Waals surface area contributed by atoms with E-state index in [0.29, 0.717) is 23.6 Å². The Morgan fingerprint density at radius 1 is 1.21 bits per heavy atom. The number of hydrogen-bond donors (Lipinski definition) is 1. The monoisotopic (exact) mass is 329 g/mol. The number of unbranched alkanes of at least 4 members (excludes halogenated alkanes) is 2. The summed E-state index contributed by atoms with van der Waals surface area (Å²) in [4.78, 5) is 12.0. The van der Waals surface area contributed by atoms with Crippen molar-refractivity contribution in [1.29, 1.82) is 0 Å². The summed E-state index contributed by atoms with van der Waals surface area (Å²) in [6, 6.07) is 5.17. The number of carbonyl (C=O) groups is 1. The van der Waals surface area contributed by atoms with Crippen LogP contribution >= 0.6 is 15.9 Å². The van der Waals surface area contributed by atoms with E-state index in [4.69, 9.17) is 9.47 Å². The van der Waals surface area contributed by atoms with Crippen molar-refractivity contribution in [3.05, 3.63) is 23.8 Å². The van der Waals surface area contributed by atoms with Crippen LogP contribution in [0.2, 0.25) is 0 Å². The third-order valence-corrected chi connectivity index (χ3v) is 3.31. The summed E-state index contributed by atoms with van der Waals surface area (Å²) in [6.07, 6.45) is 3.21. The third kappa shape index (κ3) is 5.11. The molecule has 1 N–H and O–H groups in total. The Hall–Kier alpha value is -1.23. The molecule has 0 atom stereocenters. The van der Waals surface area contributed by atoms with Crippen LogP contribution in [-0.2, 0) is 0 Å². The van der Waals surface area contributed by atoms with E-state index in [1.807, 2.05) is 0 Å². The van der Waals surface area contributed by atoms with Crippen molar-refractivity contribution in [3.8, 4) is 11.5 Å². The Balaban J connectivity index is 2.56. The molecule has 0 heterocycles. The van der Waals surface area contributed by atoms with Gasteiger partial charge in [0.25, 0.3) is 5.91 Å². The zero-order valence-corrected chi connectivity index (χ0v) is 13.0. The molecular formula is C14H20BrNO3. The minimum absolute atomic E-state index is 0.113. The average molecular weight is 330 g/mol. The second-order valence-corrected chi connectivity index (χ2v) is 4.86. The second kappa shape index (κ2) is 8.80. The number of ether oxygens (including phenoxy) is 2. The lowest BCUT2D eigenvalue weighted by atomic mass is 10.1. The van der Waals surface area contributed by atoms with E-state index in [-0.39, 0.29) is 5.91 Å². The molecule has 0 saturated heterocycles. The van der Waals surface area contributed by atoms with Gasteiger partial charge in [-0.05, 0) is 25.0 Å². The number of amides is 1. The first-order chi connectivity index (χ1) is 9.22. The fourth-order valence-electron chi connectivity index (χ4n) is 1.68. The lowest BCUT2D eigenvalue weighted by molar-refractivity contribution is 0.0950. The number of hydrogen-bond acceptors (Lipinski definition) is 3. The summed E-state index contributed by atoms with van der Waals surface area (Å²) < 4.78 is 10.3. The van der Waals surface area contributed by atoms with Gasteiger partial charge in [-0.1, -0.05) is 22.4 Å². The first-order valence-electron chi connectivity index (χ1n) is 6.29. The smallest absolute Gasteiger partial charge is 0.255 e. The molecule has 0 aromatic heterocycles. The van der Waals surface area contributed by atoms with Crippen LogP contribution in [0, 0.1) is 0 Å². The van der Waals surface area contributed by atoms with E-state index in [1.54, 1.807) is 32.4 Å². The fraction of sp³-hybridized carbons (Fsp3) is 0.500. The van der Waals surface area contributed by atoms with Gasteiger partial charge in [0.1, 0.15) is 11.5 Å². The van der Waals surface area contributed by atoms with Gasteiger partial charge >= 0.3 is 0 Å². The van der Waals surface area contributed by atoms with Crippen LogP contribution in [-0.4, -0.2) is 32.0 Å². The SMILES string of the molecule is COc1ccc(C(=O)NCCCCCBr)c(OC)c1. The first-order valence-corrected chi connectivity index (χ1v) is 7.41. The quantitative estimate of drug-likeness (QED) is 0.589. The molecule has 4 nitrogen and oxygen atoms in total. The van der Waals surface area contributed by atoms with Gasteiger partial charge in [-0.3, -0.25) is 4.79 Å². The number of halogens is 1. The highest BCUT2D eigenvalue weighted by molar-refractivity contribution is 9.09. The predicted octanol–water partition coefficient (Wildman–Crippen LogP) is 3.00. The van der Waals surface area contributed by atoms with Crippen molar-refractivity contribution in [2.75, 3.05) is 26.1 Å². The standard InChI is InChI=1S/C14H20BrNO3/c1-18-11-6-7-12(13(10-11)19-2)14(17)16-9-5-3-4-8-15/h6-7,10H,3-5,8-9H2,1-2H3,(H,16,17). The van der Waals surface area contributed by atoms with Crippen molar-refractivity contribution in [2.45, 2.75) is 19.3 Å². The van der Waals surface area contributed by atoms with Crippen LogP contribution in [0.3, 0.4) is 0 Å². The molecule has 0 unspecified atom stereocenters. The van der Waals surface area contributed by atoms with Crippen LogP contribution in [0.5, 0.6) is 11.5 Å². The van der Waals surface area contributed by atoms with Gasteiger partial charge in [0.05, 0.1) is 19.8 Å². The van der Waals surface area contributed by atoms with Crippen molar-refractivity contribution in [3.63, 3.8) is 0 Å². The summed E-state index contributed by atoms with van der Waals surface area (Å²) >= 11 is 3.38. The lowest BCUT2D eigenvalue weighted by Crippen LogP contribution is -2.24. The maximum absolute atomic E-state index is 12.0. The van der Waals surface area contributed by atoms with Crippen LogP contribution < -0.4 is 14.8 Å². The van der Waals surface area contributed by atoms with Crippen molar-refractivity contribution in [2.24, 2.45) is 0 Å². The van der Waals surface area contributed by atoms with E-state index in [2.05, 4.69) is 21.2 Å². The minimum atomic E-state index is -0.113. The molecule has 0 bridgehead atoms. The van der Waals surface area contributed by atoms with Gasteiger partial charge in [0, 0.05) is 17.9 Å². The first kappa shape index (κ1) is 15.8. The summed E-state index contributed by atoms with van der Waals surface area (Å²) in [6.45, 7) is 0.682. The molecule has 0 spiro atoms. The highest BCUT2D eigenvalue weighted by Crippen LogP contribution is 2.24. The summed E-state index contributed by atoms with van der Waals surface area (Å²) in [7, 11) is 3.12. The summed E-state index contributed by atoms with van der Waals surface area (Å²) in [5, 5.41) is 3.90. The zero-order valence-electron chi connectivity index (χ0n) is 11.4. The van der Waals surface area contributed by atoms with Gasteiger partial charge in [-0.15, -0.1) is 0 Å². The molecule has 0 fully saturated rings. The minimum Gasteiger partial charge on any atom is -0.497 e. The third-order valence-electron chi connectivity index (χ3n) is 2.75. The second-order valence-electron chi connectivity index (χ2n) is 4.07. The molecule has 1 amide bonds. The Morgan fingerprint density at radius 3 is 2.63 bits per heavy atom. The van der Waals surface area contributed by atoms with Crippen LogP contribution in [0.25, 0.3) is 0 Å². The number of alkyl halides is 1. The maximum Gasteiger partial charge on any atom is 0.255 e. The Kier molecular flexibility index (Phi) is 7.33. The Morgan fingerprint density at radius 2 is 2.00 bits per heavy atom. The molecule has 19 heavy (non-hydrogen) atoms. The summed E-state index contributed by atoms with van der Waals surface area (Å²) in [5.74, 6) is 1.08. The van der Waals surface area contributed by atoms with Crippen molar-refractivity contribution in [1.82, 2.24) is 5.32 Å². The number of methoxy groups -OCH3 is 2. The van der Waals surface area contributed by atoms with Gasteiger partial charge in [0.2, 0.25) is 0 Å². The van der Waals surface area contributed by atoms with Crippen LogP contribution in [0.15, 0.2) is 18.2 Å². The van der Waals surface area contributed by atoms with Gasteiger partial charge < -0.3 is 14.8 Å². The molecule has 0 saturated carbocycles. The number of benzene rings is 1. The van der Waals surface area contributed by atoms with E-state index in [1.165, 1.54) is 0 Å².